The van der Waals surface area contributed by atoms with Gasteiger partial charge in [0.05, 0.1) is 0 Å². The highest BCUT2D eigenvalue weighted by Crippen LogP contribution is 2.25. The Labute approximate surface area is 136 Å². The van der Waals surface area contributed by atoms with Crippen LogP contribution in [0.1, 0.15) is 26.3 Å². The number of carbonyl (C=O) groups is 1. The third-order valence-corrected chi connectivity index (χ3v) is 3.20. The highest BCUT2D eigenvalue weighted by Gasteiger charge is 2.26. The largest absolute Gasteiger partial charge is 0.796 e. The maximum Gasteiger partial charge on any atom is 0.796 e. The van der Waals surface area contributed by atoms with Crippen LogP contribution in [0.2, 0.25) is 0 Å². The third kappa shape index (κ3) is 4.01. The molecule has 8 heteroatoms. The molecule has 0 aliphatic heterocycles. The van der Waals surface area contributed by atoms with Crippen LogP contribution in [0.15, 0.2) is 39.6 Å². The van der Waals surface area contributed by atoms with Gasteiger partial charge in [-0.2, -0.15) is 0 Å². The number of benzene rings is 1. The van der Waals surface area contributed by atoms with Crippen molar-refractivity contribution in [2.24, 2.45) is 5.41 Å². The van der Waals surface area contributed by atoms with Crippen LogP contribution in [-0.2, 0) is 9.45 Å². The van der Waals surface area contributed by atoms with Crippen molar-refractivity contribution in [1.29, 1.82) is 0 Å². The number of halogens is 2. The number of ketones is 1. The number of fused-ring (bicyclic) bond motifs is 1. The first-order chi connectivity index (χ1) is 11.1. The van der Waals surface area contributed by atoms with Gasteiger partial charge in [0.2, 0.25) is 0 Å². The van der Waals surface area contributed by atoms with Crippen LogP contribution in [-0.4, -0.2) is 18.4 Å². The van der Waals surface area contributed by atoms with Gasteiger partial charge in [0.25, 0.3) is 0 Å². The number of phenolic OH excluding ortho intramolecular Hbond substituents is 1. The molecule has 0 saturated carbocycles. The summed E-state index contributed by atoms with van der Waals surface area (Å²) in [5.41, 5.74) is -2.00. The number of phenols is 1. The molecule has 0 saturated heterocycles. The molecule has 126 valence electrons. The fourth-order valence-corrected chi connectivity index (χ4v) is 1.88. The lowest BCUT2D eigenvalue weighted by Crippen LogP contribution is -2.20. The third-order valence-electron chi connectivity index (χ3n) is 3.20. The summed E-state index contributed by atoms with van der Waals surface area (Å²) in [6.07, 6.45) is 0.866. The van der Waals surface area contributed by atoms with E-state index in [4.69, 9.17) is 4.42 Å². The highest BCUT2D eigenvalue weighted by atomic mass is 19.2. The smallest absolute Gasteiger partial charge is 0.508 e. The maximum atomic E-state index is 12.7. The normalized spacial score (nSPS) is 12.3. The SMILES string of the molecule is CC(C)(C)C(=O)/C=C(\OB(F)F)c1cc2ccc(O)cc2oc1=O. The van der Waals surface area contributed by atoms with Crippen LogP contribution in [0.25, 0.3) is 16.7 Å². The molecule has 0 atom stereocenters. The van der Waals surface area contributed by atoms with Crippen molar-refractivity contribution in [2.75, 3.05) is 0 Å². The van der Waals surface area contributed by atoms with E-state index >= 15 is 0 Å². The first kappa shape index (κ1) is 17.7. The van der Waals surface area contributed by atoms with E-state index in [1.807, 2.05) is 0 Å². The van der Waals surface area contributed by atoms with E-state index in [1.54, 1.807) is 20.8 Å². The Morgan fingerprint density at radius 3 is 2.54 bits per heavy atom. The molecule has 1 N–H and O–H groups in total. The van der Waals surface area contributed by atoms with E-state index in [0.29, 0.717) is 5.39 Å². The Morgan fingerprint density at radius 2 is 1.96 bits per heavy atom. The summed E-state index contributed by atoms with van der Waals surface area (Å²) in [4.78, 5) is 24.2. The molecule has 0 aliphatic rings. The lowest BCUT2D eigenvalue weighted by Gasteiger charge is -2.15. The van der Waals surface area contributed by atoms with Gasteiger partial charge in [-0.05, 0) is 18.2 Å². The topological polar surface area (TPSA) is 76.7 Å². The van der Waals surface area contributed by atoms with Crippen LogP contribution in [0.4, 0.5) is 8.63 Å². The molecule has 24 heavy (non-hydrogen) atoms. The Hall–Kier alpha value is -2.64. The van der Waals surface area contributed by atoms with E-state index in [1.165, 1.54) is 24.3 Å². The average Bonchev–Trinajstić information content (AvgIpc) is 2.44. The Morgan fingerprint density at radius 1 is 1.29 bits per heavy atom. The van der Waals surface area contributed by atoms with E-state index in [9.17, 15) is 23.3 Å². The summed E-state index contributed by atoms with van der Waals surface area (Å²) in [5.74, 6) is -1.15. The average molecular weight is 336 g/mol. The minimum Gasteiger partial charge on any atom is -0.508 e. The molecule has 0 fully saturated rings. The molecule has 0 amide bonds. The molecule has 0 bridgehead atoms. The molecule has 1 aromatic carbocycles. The standard InChI is InChI=1S/C16H15BF2O5/c1-16(2,3)14(21)8-13(24-17(18)19)11-6-9-4-5-10(20)7-12(9)23-15(11)22/h4-8,20H,1-3H3/b13-8-. The van der Waals surface area contributed by atoms with Crippen molar-refractivity contribution < 1.29 is 27.6 Å². The first-order valence-corrected chi connectivity index (χ1v) is 7.06. The van der Waals surface area contributed by atoms with E-state index in [-0.39, 0.29) is 16.9 Å². The van der Waals surface area contributed by atoms with Crippen LogP contribution >= 0.6 is 0 Å². The van der Waals surface area contributed by atoms with Crippen molar-refractivity contribution in [3.05, 3.63) is 46.3 Å². The zero-order valence-corrected chi connectivity index (χ0v) is 13.3. The molecule has 1 aromatic heterocycles. The van der Waals surface area contributed by atoms with Gasteiger partial charge >= 0.3 is 13.1 Å². The Balaban J connectivity index is 2.62. The lowest BCUT2D eigenvalue weighted by molar-refractivity contribution is -0.121. The number of rotatable bonds is 4. The van der Waals surface area contributed by atoms with Crippen molar-refractivity contribution in [3.8, 4) is 5.75 Å². The zero-order valence-electron chi connectivity index (χ0n) is 13.3. The minimum absolute atomic E-state index is 0.0855. The summed E-state index contributed by atoms with van der Waals surface area (Å²) in [6, 6.07) is 5.29. The van der Waals surface area contributed by atoms with Crippen LogP contribution < -0.4 is 5.63 Å². The zero-order chi connectivity index (χ0) is 18.1. The number of aromatic hydroxyl groups is 1. The summed E-state index contributed by atoms with van der Waals surface area (Å²) < 4.78 is 34.7. The van der Waals surface area contributed by atoms with Gasteiger partial charge in [-0.1, -0.05) is 20.8 Å². The number of allylic oxidation sites excluding steroid dienone is 1. The minimum atomic E-state index is -3.21. The fraction of sp³-hybridized carbons (Fsp3) is 0.250. The molecule has 0 radical (unpaired) electrons. The summed E-state index contributed by atoms with van der Waals surface area (Å²) in [7, 11) is -3.21. The van der Waals surface area contributed by atoms with E-state index < -0.39 is 30.1 Å². The lowest BCUT2D eigenvalue weighted by atomic mass is 9.90. The number of hydrogen-bond acceptors (Lipinski definition) is 5. The van der Waals surface area contributed by atoms with Crippen molar-refractivity contribution in [2.45, 2.75) is 20.8 Å². The molecule has 0 unspecified atom stereocenters. The predicted octanol–water partition coefficient (Wildman–Crippen LogP) is 3.40. The summed E-state index contributed by atoms with van der Waals surface area (Å²) in [5, 5.41) is 9.77. The van der Waals surface area contributed by atoms with Gasteiger partial charge in [0.1, 0.15) is 22.7 Å². The molecular weight excluding hydrogens is 321 g/mol. The van der Waals surface area contributed by atoms with E-state index in [0.717, 1.165) is 6.08 Å². The quantitative estimate of drug-likeness (QED) is 0.401. The first-order valence-electron chi connectivity index (χ1n) is 7.06. The molecule has 0 aliphatic carbocycles. The monoisotopic (exact) mass is 336 g/mol. The van der Waals surface area contributed by atoms with Crippen molar-refractivity contribution in [1.82, 2.24) is 0 Å². The van der Waals surface area contributed by atoms with Gasteiger partial charge in [0, 0.05) is 22.9 Å². The van der Waals surface area contributed by atoms with Gasteiger partial charge < -0.3 is 14.2 Å². The summed E-state index contributed by atoms with van der Waals surface area (Å²) >= 11 is 0. The molecule has 2 rings (SSSR count). The molecule has 1 heterocycles. The molecular formula is C16H15BF2O5. The van der Waals surface area contributed by atoms with Crippen molar-refractivity contribution >= 4 is 30.0 Å². The van der Waals surface area contributed by atoms with Crippen LogP contribution in [0.5, 0.6) is 5.75 Å². The number of carbonyl (C=O) groups excluding carboxylic acids is 1. The molecule has 5 nitrogen and oxygen atoms in total. The Kier molecular flexibility index (Phi) is 4.77. The maximum absolute atomic E-state index is 12.7. The van der Waals surface area contributed by atoms with Crippen LogP contribution in [0, 0.1) is 5.41 Å². The van der Waals surface area contributed by atoms with E-state index in [2.05, 4.69) is 4.65 Å². The van der Waals surface area contributed by atoms with Gasteiger partial charge in [-0.15, -0.1) is 0 Å². The summed E-state index contributed by atoms with van der Waals surface area (Å²) in [6.45, 7) is 4.83. The number of hydrogen-bond donors (Lipinski definition) is 1. The second-order valence-electron chi connectivity index (χ2n) is 6.17. The molecule has 0 spiro atoms. The van der Waals surface area contributed by atoms with Gasteiger partial charge in [-0.25, -0.2) is 13.4 Å². The fourth-order valence-electron chi connectivity index (χ4n) is 1.88. The predicted molar refractivity (Wildman–Crippen MR) is 85.6 cm³/mol. The van der Waals surface area contributed by atoms with Crippen LogP contribution in [0.3, 0.4) is 0 Å². The second-order valence-corrected chi connectivity index (χ2v) is 6.17. The highest BCUT2D eigenvalue weighted by molar-refractivity contribution is 6.36. The second kappa shape index (κ2) is 6.47. The van der Waals surface area contributed by atoms with Gasteiger partial charge in [0.15, 0.2) is 5.78 Å². The molecule has 2 aromatic rings. The van der Waals surface area contributed by atoms with Gasteiger partial charge in [-0.3, -0.25) is 4.79 Å². The Bertz CT molecular complexity index is 865. The van der Waals surface area contributed by atoms with Crippen molar-refractivity contribution in [3.63, 3.8) is 0 Å².